The van der Waals surface area contributed by atoms with Crippen LogP contribution in [0.5, 0.6) is 0 Å². The van der Waals surface area contributed by atoms with Crippen LogP contribution in [0.25, 0.3) is 11.1 Å². The number of hydrogen-bond acceptors (Lipinski definition) is 2. The lowest BCUT2D eigenvalue weighted by molar-refractivity contribution is 0.0994. The number of Topliss-reactive ketones (excluding diaryl/α,β-unsaturated/α-hetero) is 1. The molecule has 3 heteroatoms. The average molecular weight is 226 g/mol. The zero-order valence-corrected chi connectivity index (χ0v) is 10.0. The van der Waals surface area contributed by atoms with E-state index in [1.165, 1.54) is 5.56 Å². The van der Waals surface area contributed by atoms with Crippen molar-refractivity contribution in [3.05, 3.63) is 41.2 Å². The highest BCUT2D eigenvalue weighted by atomic mass is 16.1. The summed E-state index contributed by atoms with van der Waals surface area (Å²) in [6, 6.07) is 6.10. The molecule has 0 N–H and O–H groups in total. The number of hydrogen-bond donors (Lipinski definition) is 0. The normalized spacial score (nSPS) is 14.1. The molecule has 3 nitrogen and oxygen atoms in total. The van der Waals surface area contributed by atoms with Crippen molar-refractivity contribution in [2.75, 3.05) is 0 Å². The van der Waals surface area contributed by atoms with E-state index in [4.69, 9.17) is 0 Å². The third-order valence-corrected chi connectivity index (χ3v) is 3.35. The van der Waals surface area contributed by atoms with Crippen LogP contribution in [0.3, 0.4) is 0 Å². The Bertz CT molecular complexity index is 611. The first-order chi connectivity index (χ1) is 8.15. The van der Waals surface area contributed by atoms with Gasteiger partial charge < -0.3 is 0 Å². The van der Waals surface area contributed by atoms with Gasteiger partial charge in [-0.05, 0) is 24.5 Å². The van der Waals surface area contributed by atoms with Crippen LogP contribution >= 0.6 is 0 Å². The molecule has 0 spiro atoms. The maximum Gasteiger partial charge on any atom is 0.163 e. The van der Waals surface area contributed by atoms with E-state index in [1.54, 1.807) is 0 Å². The standard InChI is InChI=1S/C14H14N2O/c1-9-13(8-16(2)15-9)11-3-5-12-10(7-11)4-6-14(12)17/h3,5,7-8H,4,6H2,1-2H3. The van der Waals surface area contributed by atoms with E-state index < -0.39 is 0 Å². The fourth-order valence-corrected chi connectivity index (χ4v) is 2.51. The molecule has 0 bridgehead atoms. The van der Waals surface area contributed by atoms with Gasteiger partial charge in [-0.1, -0.05) is 18.2 Å². The third kappa shape index (κ3) is 1.58. The summed E-state index contributed by atoms with van der Waals surface area (Å²) < 4.78 is 1.82. The zero-order valence-electron chi connectivity index (χ0n) is 10.0. The number of fused-ring (bicyclic) bond motifs is 1. The molecule has 1 aromatic heterocycles. The van der Waals surface area contributed by atoms with Gasteiger partial charge in [0.05, 0.1) is 5.69 Å². The predicted molar refractivity (Wildman–Crippen MR) is 66.0 cm³/mol. The van der Waals surface area contributed by atoms with Gasteiger partial charge in [0.15, 0.2) is 5.78 Å². The van der Waals surface area contributed by atoms with Crippen molar-refractivity contribution in [2.24, 2.45) is 7.05 Å². The molecule has 0 atom stereocenters. The molecule has 1 aromatic carbocycles. The minimum absolute atomic E-state index is 0.273. The largest absolute Gasteiger partial charge is 0.294 e. The van der Waals surface area contributed by atoms with Gasteiger partial charge in [0.2, 0.25) is 0 Å². The van der Waals surface area contributed by atoms with Crippen LogP contribution in [0.4, 0.5) is 0 Å². The Morgan fingerprint density at radius 2 is 2.06 bits per heavy atom. The van der Waals surface area contributed by atoms with Crippen molar-refractivity contribution in [1.82, 2.24) is 9.78 Å². The van der Waals surface area contributed by atoms with Gasteiger partial charge in [0.1, 0.15) is 0 Å². The van der Waals surface area contributed by atoms with Crippen molar-refractivity contribution in [2.45, 2.75) is 19.8 Å². The van der Waals surface area contributed by atoms with Gasteiger partial charge in [-0.2, -0.15) is 5.10 Å². The molecule has 17 heavy (non-hydrogen) atoms. The quantitative estimate of drug-likeness (QED) is 0.749. The van der Waals surface area contributed by atoms with Crippen LogP contribution in [0.1, 0.15) is 28.0 Å². The Labute approximate surface area is 100 Å². The van der Waals surface area contributed by atoms with Crippen molar-refractivity contribution >= 4 is 5.78 Å². The summed E-state index contributed by atoms with van der Waals surface area (Å²) in [4.78, 5) is 11.6. The minimum Gasteiger partial charge on any atom is -0.294 e. The van der Waals surface area contributed by atoms with Crippen LogP contribution in [-0.2, 0) is 13.5 Å². The van der Waals surface area contributed by atoms with Gasteiger partial charge in [-0.15, -0.1) is 0 Å². The molecular weight excluding hydrogens is 212 g/mol. The van der Waals surface area contributed by atoms with E-state index in [9.17, 15) is 4.79 Å². The minimum atomic E-state index is 0.273. The van der Waals surface area contributed by atoms with Crippen molar-refractivity contribution in [1.29, 1.82) is 0 Å². The topological polar surface area (TPSA) is 34.9 Å². The summed E-state index contributed by atoms with van der Waals surface area (Å²) in [6.07, 6.45) is 3.56. The number of carbonyl (C=O) groups excluding carboxylic acids is 1. The molecule has 0 saturated heterocycles. The summed E-state index contributed by atoms with van der Waals surface area (Å²) >= 11 is 0. The highest BCUT2D eigenvalue weighted by molar-refractivity contribution is 6.00. The first kappa shape index (κ1) is 10.3. The monoisotopic (exact) mass is 226 g/mol. The first-order valence-corrected chi connectivity index (χ1v) is 5.82. The van der Waals surface area contributed by atoms with E-state index >= 15 is 0 Å². The first-order valence-electron chi connectivity index (χ1n) is 5.82. The van der Waals surface area contributed by atoms with Gasteiger partial charge in [0.25, 0.3) is 0 Å². The van der Waals surface area contributed by atoms with E-state index in [1.807, 2.05) is 37.0 Å². The van der Waals surface area contributed by atoms with Crippen LogP contribution in [-0.4, -0.2) is 15.6 Å². The van der Waals surface area contributed by atoms with Crippen LogP contribution < -0.4 is 0 Å². The Balaban J connectivity index is 2.11. The van der Waals surface area contributed by atoms with E-state index in [0.717, 1.165) is 28.8 Å². The SMILES string of the molecule is Cc1nn(C)cc1-c1ccc2c(c1)CCC2=O. The molecule has 1 aliphatic carbocycles. The highest BCUT2D eigenvalue weighted by Gasteiger charge is 2.20. The number of aryl methyl sites for hydroxylation is 3. The number of ketones is 1. The maximum atomic E-state index is 11.6. The summed E-state index contributed by atoms with van der Waals surface area (Å²) in [7, 11) is 1.92. The molecule has 0 radical (unpaired) electrons. The Kier molecular flexibility index (Phi) is 2.15. The number of carbonyl (C=O) groups is 1. The second-order valence-electron chi connectivity index (χ2n) is 4.60. The molecule has 0 saturated carbocycles. The van der Waals surface area contributed by atoms with Crippen molar-refractivity contribution < 1.29 is 4.79 Å². The number of benzene rings is 1. The van der Waals surface area contributed by atoms with E-state index in [-0.39, 0.29) is 5.78 Å². The second-order valence-corrected chi connectivity index (χ2v) is 4.60. The molecular formula is C14H14N2O. The smallest absolute Gasteiger partial charge is 0.163 e. The lowest BCUT2D eigenvalue weighted by atomic mass is 10.0. The molecule has 1 aliphatic rings. The molecule has 0 amide bonds. The summed E-state index contributed by atoms with van der Waals surface area (Å²) in [5.74, 6) is 0.273. The molecule has 86 valence electrons. The lowest BCUT2D eigenvalue weighted by Crippen LogP contribution is -1.91. The van der Waals surface area contributed by atoms with Gasteiger partial charge >= 0.3 is 0 Å². The molecule has 0 fully saturated rings. The summed E-state index contributed by atoms with van der Waals surface area (Å²) in [5.41, 5.74) is 5.40. The van der Waals surface area contributed by atoms with Crippen molar-refractivity contribution in [3.63, 3.8) is 0 Å². The number of aromatic nitrogens is 2. The van der Waals surface area contributed by atoms with Crippen molar-refractivity contribution in [3.8, 4) is 11.1 Å². The Morgan fingerprint density at radius 1 is 1.24 bits per heavy atom. The summed E-state index contributed by atoms with van der Waals surface area (Å²) in [6.45, 7) is 2.01. The maximum absolute atomic E-state index is 11.6. The predicted octanol–water partition coefficient (Wildman–Crippen LogP) is 2.52. The lowest BCUT2D eigenvalue weighted by Gasteiger charge is -2.02. The highest BCUT2D eigenvalue weighted by Crippen LogP contribution is 2.29. The Morgan fingerprint density at radius 3 is 2.76 bits per heavy atom. The van der Waals surface area contributed by atoms with Gasteiger partial charge in [0, 0.05) is 30.8 Å². The number of rotatable bonds is 1. The molecule has 2 aromatic rings. The molecule has 3 rings (SSSR count). The van der Waals surface area contributed by atoms with E-state index in [2.05, 4.69) is 11.2 Å². The second kappa shape index (κ2) is 3.55. The Hall–Kier alpha value is -1.90. The van der Waals surface area contributed by atoms with Crippen LogP contribution in [0, 0.1) is 6.92 Å². The molecule has 0 aliphatic heterocycles. The fourth-order valence-electron chi connectivity index (χ4n) is 2.51. The van der Waals surface area contributed by atoms with Crippen LogP contribution in [0.15, 0.2) is 24.4 Å². The fraction of sp³-hybridized carbons (Fsp3) is 0.286. The number of nitrogens with zero attached hydrogens (tertiary/aromatic N) is 2. The third-order valence-electron chi connectivity index (χ3n) is 3.35. The van der Waals surface area contributed by atoms with E-state index in [0.29, 0.717) is 6.42 Å². The van der Waals surface area contributed by atoms with Gasteiger partial charge in [-0.25, -0.2) is 0 Å². The molecule has 1 heterocycles. The van der Waals surface area contributed by atoms with Crippen LogP contribution in [0.2, 0.25) is 0 Å². The average Bonchev–Trinajstić information content (AvgIpc) is 2.82. The van der Waals surface area contributed by atoms with Gasteiger partial charge in [-0.3, -0.25) is 9.48 Å². The summed E-state index contributed by atoms with van der Waals surface area (Å²) in [5, 5.41) is 4.35. The molecule has 0 unspecified atom stereocenters. The zero-order chi connectivity index (χ0) is 12.0.